The second-order valence-electron chi connectivity index (χ2n) is 5.99. The number of hydrogen-bond donors (Lipinski definition) is 0. The van der Waals surface area contributed by atoms with E-state index in [9.17, 15) is 19.7 Å². The number of nitrogens with zero attached hydrogens (tertiary/aromatic N) is 3. The number of para-hydroxylation sites is 1. The average Bonchev–Trinajstić information content (AvgIpc) is 2.68. The molecule has 8 nitrogen and oxygen atoms in total. The molecule has 0 N–H and O–H groups in total. The van der Waals surface area contributed by atoms with Gasteiger partial charge < -0.3 is 4.74 Å². The Kier molecular flexibility index (Phi) is 5.25. The Labute approximate surface area is 154 Å². The number of aryl methyl sites for hydroxylation is 1. The topological polar surface area (TPSA) is 104 Å². The van der Waals surface area contributed by atoms with Gasteiger partial charge in [0, 0.05) is 25.6 Å². The van der Waals surface area contributed by atoms with Crippen LogP contribution in [0, 0.1) is 10.1 Å². The predicted molar refractivity (Wildman–Crippen MR) is 98.2 cm³/mol. The van der Waals surface area contributed by atoms with E-state index in [1.807, 2.05) is 0 Å². The van der Waals surface area contributed by atoms with Crippen LogP contribution < -0.4 is 5.56 Å². The van der Waals surface area contributed by atoms with Crippen LogP contribution >= 0.6 is 0 Å². The Balaban J connectivity index is 1.61. The van der Waals surface area contributed by atoms with Crippen LogP contribution in [0.15, 0.2) is 53.3 Å². The molecule has 0 aliphatic heterocycles. The van der Waals surface area contributed by atoms with Crippen LogP contribution in [0.4, 0.5) is 5.69 Å². The SMILES string of the molecule is Cn1c(CCC(=O)OCc2ccc([N+](=O)[O-])cc2)nc2ccccc2c1=O. The quantitative estimate of drug-likeness (QED) is 0.377. The van der Waals surface area contributed by atoms with Crippen molar-refractivity contribution in [1.82, 2.24) is 9.55 Å². The van der Waals surface area contributed by atoms with Crippen molar-refractivity contribution in [2.75, 3.05) is 0 Å². The molecule has 0 amide bonds. The monoisotopic (exact) mass is 367 g/mol. The fraction of sp³-hybridized carbons (Fsp3) is 0.211. The van der Waals surface area contributed by atoms with Gasteiger partial charge in [-0.1, -0.05) is 12.1 Å². The zero-order valence-electron chi connectivity index (χ0n) is 14.6. The summed E-state index contributed by atoms with van der Waals surface area (Å²) in [5.74, 6) is 0.0711. The van der Waals surface area contributed by atoms with Gasteiger partial charge >= 0.3 is 5.97 Å². The molecule has 0 bridgehead atoms. The van der Waals surface area contributed by atoms with Gasteiger partial charge in [0.15, 0.2) is 0 Å². The van der Waals surface area contributed by atoms with Crippen molar-refractivity contribution < 1.29 is 14.5 Å². The Morgan fingerprint density at radius 2 is 1.89 bits per heavy atom. The van der Waals surface area contributed by atoms with Crippen molar-refractivity contribution in [1.29, 1.82) is 0 Å². The summed E-state index contributed by atoms with van der Waals surface area (Å²) in [7, 11) is 1.62. The minimum absolute atomic E-state index is 0.0200. The van der Waals surface area contributed by atoms with Crippen molar-refractivity contribution in [2.24, 2.45) is 7.05 Å². The van der Waals surface area contributed by atoms with E-state index in [-0.39, 0.29) is 30.7 Å². The molecule has 8 heteroatoms. The molecule has 27 heavy (non-hydrogen) atoms. The van der Waals surface area contributed by atoms with E-state index in [1.54, 1.807) is 43.4 Å². The van der Waals surface area contributed by atoms with Gasteiger partial charge in [0.2, 0.25) is 0 Å². The molecule has 0 spiro atoms. The Morgan fingerprint density at radius 3 is 2.59 bits per heavy atom. The van der Waals surface area contributed by atoms with Crippen LogP contribution in [0.1, 0.15) is 17.8 Å². The zero-order valence-corrected chi connectivity index (χ0v) is 14.6. The molecule has 0 aliphatic carbocycles. The number of rotatable bonds is 6. The van der Waals surface area contributed by atoms with Crippen molar-refractivity contribution >= 4 is 22.6 Å². The molecule has 1 aromatic heterocycles. The molecule has 0 saturated carbocycles. The number of nitro benzene ring substituents is 1. The normalized spacial score (nSPS) is 10.7. The van der Waals surface area contributed by atoms with Gasteiger partial charge in [-0.25, -0.2) is 4.98 Å². The molecule has 0 atom stereocenters. The van der Waals surface area contributed by atoms with Gasteiger partial charge in [0.1, 0.15) is 12.4 Å². The molecule has 0 unspecified atom stereocenters. The van der Waals surface area contributed by atoms with Crippen molar-refractivity contribution in [2.45, 2.75) is 19.4 Å². The molecule has 138 valence electrons. The van der Waals surface area contributed by atoms with Crippen LogP contribution in [0.2, 0.25) is 0 Å². The van der Waals surface area contributed by atoms with Gasteiger partial charge in [-0.15, -0.1) is 0 Å². The van der Waals surface area contributed by atoms with E-state index in [4.69, 9.17) is 4.74 Å². The Bertz CT molecular complexity index is 1060. The molecule has 3 rings (SSSR count). The third-order valence-corrected chi connectivity index (χ3v) is 4.18. The summed E-state index contributed by atoms with van der Waals surface area (Å²) < 4.78 is 6.62. The smallest absolute Gasteiger partial charge is 0.306 e. The molecule has 0 aliphatic rings. The lowest BCUT2D eigenvalue weighted by Crippen LogP contribution is -2.23. The summed E-state index contributed by atoms with van der Waals surface area (Å²) >= 11 is 0. The number of ether oxygens (including phenoxy) is 1. The molecule has 0 fully saturated rings. The summed E-state index contributed by atoms with van der Waals surface area (Å²) in [5.41, 5.74) is 1.07. The summed E-state index contributed by atoms with van der Waals surface area (Å²) in [4.78, 5) is 38.9. The number of hydrogen-bond acceptors (Lipinski definition) is 6. The van der Waals surface area contributed by atoms with Crippen molar-refractivity contribution in [3.63, 3.8) is 0 Å². The highest BCUT2D eigenvalue weighted by atomic mass is 16.6. The van der Waals surface area contributed by atoms with Gasteiger partial charge in [-0.3, -0.25) is 24.3 Å². The van der Waals surface area contributed by atoms with E-state index >= 15 is 0 Å². The predicted octanol–water partition coefficient (Wildman–Crippen LogP) is 2.52. The number of benzene rings is 2. The molecule has 1 heterocycles. The maximum atomic E-state index is 12.3. The summed E-state index contributed by atoms with van der Waals surface area (Å²) in [6.45, 7) is 0.0287. The zero-order chi connectivity index (χ0) is 19.4. The lowest BCUT2D eigenvalue weighted by Gasteiger charge is -2.09. The molecular formula is C19H17N3O5. The molecule has 2 aromatic carbocycles. The van der Waals surface area contributed by atoms with Crippen LogP contribution in [-0.4, -0.2) is 20.4 Å². The second-order valence-corrected chi connectivity index (χ2v) is 5.99. The lowest BCUT2D eigenvalue weighted by atomic mass is 10.2. The lowest BCUT2D eigenvalue weighted by molar-refractivity contribution is -0.384. The first-order valence-corrected chi connectivity index (χ1v) is 8.29. The van der Waals surface area contributed by atoms with E-state index in [0.29, 0.717) is 22.3 Å². The molecular weight excluding hydrogens is 350 g/mol. The minimum atomic E-state index is -0.489. The first-order chi connectivity index (χ1) is 13.0. The summed E-state index contributed by atoms with van der Waals surface area (Å²) in [6.07, 6.45) is 0.348. The number of carbonyl (C=O) groups is 1. The van der Waals surface area contributed by atoms with Crippen molar-refractivity contribution in [3.05, 3.63) is 80.4 Å². The number of nitro groups is 1. The van der Waals surface area contributed by atoms with Gasteiger partial charge in [-0.2, -0.15) is 0 Å². The number of aromatic nitrogens is 2. The highest BCUT2D eigenvalue weighted by Gasteiger charge is 2.11. The Hall–Kier alpha value is -3.55. The van der Waals surface area contributed by atoms with Gasteiger partial charge in [0.25, 0.3) is 11.2 Å². The number of esters is 1. The standard InChI is InChI=1S/C19H17N3O5/c1-21-17(20-16-5-3-2-4-15(16)19(21)24)10-11-18(23)27-12-13-6-8-14(9-7-13)22(25)26/h2-9H,10-12H2,1H3. The third kappa shape index (κ3) is 4.17. The second kappa shape index (κ2) is 7.77. The van der Waals surface area contributed by atoms with E-state index in [2.05, 4.69) is 4.98 Å². The van der Waals surface area contributed by atoms with E-state index in [1.165, 1.54) is 16.7 Å². The number of non-ortho nitro benzene ring substituents is 1. The maximum Gasteiger partial charge on any atom is 0.306 e. The minimum Gasteiger partial charge on any atom is -0.461 e. The number of carbonyl (C=O) groups excluding carboxylic acids is 1. The maximum absolute atomic E-state index is 12.3. The Morgan fingerprint density at radius 1 is 1.19 bits per heavy atom. The first-order valence-electron chi connectivity index (χ1n) is 8.29. The van der Waals surface area contributed by atoms with Crippen LogP contribution in [0.3, 0.4) is 0 Å². The van der Waals surface area contributed by atoms with E-state index in [0.717, 1.165) is 0 Å². The molecule has 0 radical (unpaired) electrons. The third-order valence-electron chi connectivity index (χ3n) is 4.18. The summed E-state index contributed by atoms with van der Waals surface area (Å²) in [6, 6.07) is 12.9. The van der Waals surface area contributed by atoms with E-state index < -0.39 is 10.9 Å². The van der Waals surface area contributed by atoms with Crippen LogP contribution in [0.25, 0.3) is 10.9 Å². The molecule has 3 aromatic rings. The highest BCUT2D eigenvalue weighted by molar-refractivity contribution is 5.77. The fourth-order valence-electron chi connectivity index (χ4n) is 2.65. The number of fused-ring (bicyclic) bond motifs is 1. The first kappa shape index (κ1) is 18.2. The van der Waals surface area contributed by atoms with Gasteiger partial charge in [-0.05, 0) is 29.8 Å². The molecule has 0 saturated heterocycles. The largest absolute Gasteiger partial charge is 0.461 e. The fourth-order valence-corrected chi connectivity index (χ4v) is 2.65. The summed E-state index contributed by atoms with van der Waals surface area (Å²) in [5, 5.41) is 11.2. The van der Waals surface area contributed by atoms with Gasteiger partial charge in [0.05, 0.1) is 22.2 Å². The van der Waals surface area contributed by atoms with Crippen LogP contribution in [0.5, 0.6) is 0 Å². The van der Waals surface area contributed by atoms with Crippen LogP contribution in [-0.2, 0) is 29.6 Å². The average molecular weight is 367 g/mol. The van der Waals surface area contributed by atoms with Crippen molar-refractivity contribution in [3.8, 4) is 0 Å². The highest BCUT2D eigenvalue weighted by Crippen LogP contribution is 2.13.